The average molecular weight is 886 g/mol. The zero-order valence-electron chi connectivity index (χ0n) is 35.2. The summed E-state index contributed by atoms with van der Waals surface area (Å²) >= 11 is 0. The third-order valence-corrected chi connectivity index (χ3v) is 7.41. The van der Waals surface area contributed by atoms with Gasteiger partial charge in [-0.05, 0) is 54.1 Å². The molecule has 0 amide bonds. The lowest BCUT2D eigenvalue weighted by atomic mass is 10.0. The highest BCUT2D eigenvalue weighted by Gasteiger charge is 2.19. The summed E-state index contributed by atoms with van der Waals surface area (Å²) in [5.74, 6) is -1.12. The molecule has 4 aromatic carbocycles. The highest BCUT2D eigenvalue weighted by Crippen LogP contribution is 2.24. The number of nitro groups is 4. The first kappa shape index (κ1) is 57.5. The average Bonchev–Trinajstić information content (AvgIpc) is 3.30. The second-order valence-corrected chi connectivity index (χ2v) is 11.3. The number of ether oxygens (including phenoxy) is 6. The fourth-order valence-corrected chi connectivity index (χ4v) is 4.22. The predicted octanol–water partition coefficient (Wildman–Crippen LogP) is 7.63. The topological polar surface area (TPSA) is 299 Å². The van der Waals surface area contributed by atoms with Gasteiger partial charge in [0.15, 0.2) is 12.6 Å². The normalized spacial score (nSPS) is 10.0. The summed E-state index contributed by atoms with van der Waals surface area (Å²) in [6.07, 6.45) is -0.432. The molecule has 340 valence electrons. The van der Waals surface area contributed by atoms with E-state index in [1.165, 1.54) is 115 Å². The molecule has 4 rings (SSSR count). The van der Waals surface area contributed by atoms with Gasteiger partial charge in [-0.2, -0.15) is 0 Å². The number of carbonyl (C=O) groups excluding carboxylic acids is 3. The zero-order chi connectivity index (χ0) is 47.4. The molecule has 63 heavy (non-hydrogen) atoms. The first-order valence-electron chi connectivity index (χ1n) is 17.1. The molecule has 0 aliphatic heterocycles. The van der Waals surface area contributed by atoms with E-state index in [0.717, 1.165) is 17.2 Å². The number of benzene rings is 4. The van der Waals surface area contributed by atoms with E-state index in [1.54, 1.807) is 24.3 Å². The molecule has 0 spiro atoms. The second kappa shape index (κ2) is 31.3. The van der Waals surface area contributed by atoms with E-state index in [1.807, 2.05) is 0 Å². The number of carbonyl (C=O) groups is 3. The van der Waals surface area contributed by atoms with Crippen LogP contribution in [0.3, 0.4) is 0 Å². The maximum absolute atomic E-state index is 11.1. The highest BCUT2D eigenvalue weighted by molar-refractivity contribution is 5.89. The smallest absolute Gasteiger partial charge is 0.466 e. The van der Waals surface area contributed by atoms with E-state index in [4.69, 9.17) is 18.9 Å². The van der Waals surface area contributed by atoms with Crippen molar-refractivity contribution in [3.8, 4) is 0 Å². The van der Waals surface area contributed by atoms with Gasteiger partial charge in [-0.15, -0.1) is 0 Å². The molecule has 22 heteroatoms. The van der Waals surface area contributed by atoms with Gasteiger partial charge >= 0.3 is 13.4 Å². The Morgan fingerprint density at radius 2 is 0.857 bits per heavy atom. The van der Waals surface area contributed by atoms with Crippen molar-refractivity contribution in [1.82, 2.24) is 0 Å². The van der Waals surface area contributed by atoms with E-state index in [9.17, 15) is 59.9 Å². The number of aliphatic hydroxyl groups is 1. The minimum Gasteiger partial charge on any atom is -0.466 e. The van der Waals surface area contributed by atoms with Gasteiger partial charge in [0.25, 0.3) is 22.7 Å². The summed E-state index contributed by atoms with van der Waals surface area (Å²) in [6, 6.07) is 22.7. The summed E-state index contributed by atoms with van der Waals surface area (Å²) in [5.41, 5.74) is 2.17. The summed E-state index contributed by atoms with van der Waals surface area (Å²) in [6.45, 7) is 6.56. The van der Waals surface area contributed by atoms with Crippen LogP contribution in [-0.2, 0) is 38.0 Å². The van der Waals surface area contributed by atoms with Gasteiger partial charge in [-0.25, -0.2) is 9.59 Å². The lowest BCUT2D eigenvalue weighted by molar-refractivity contribution is -0.385. The molecule has 0 aliphatic carbocycles. The molecule has 0 bridgehead atoms. The number of aldehydes is 1. The van der Waals surface area contributed by atoms with Gasteiger partial charge in [0.2, 0.25) is 0 Å². The molecule has 4 aromatic rings. The monoisotopic (exact) mass is 885 g/mol. The molecule has 1 atom stereocenters. The number of methoxy groups -OCH3 is 6. The van der Waals surface area contributed by atoms with Crippen molar-refractivity contribution in [3.63, 3.8) is 0 Å². The Kier molecular flexibility index (Phi) is 28.5. The van der Waals surface area contributed by atoms with E-state index < -0.39 is 50.3 Å². The first-order chi connectivity index (χ1) is 29.4. The van der Waals surface area contributed by atoms with Crippen LogP contribution in [0.25, 0.3) is 0 Å². The second-order valence-electron chi connectivity index (χ2n) is 11.3. The number of aliphatic hydroxyl groups excluding tert-OH is 1. The van der Waals surface area contributed by atoms with Gasteiger partial charge in [0.05, 0.1) is 39.5 Å². The Bertz CT molecular complexity index is 2010. The fourth-order valence-electron chi connectivity index (χ4n) is 4.22. The molecule has 0 saturated heterocycles. The Labute approximate surface area is 363 Å². The first-order valence-corrected chi connectivity index (χ1v) is 17.1. The maximum Gasteiger partial charge on any atom is 1.00 e. The third kappa shape index (κ3) is 20.9. The van der Waals surface area contributed by atoms with E-state index in [-0.39, 0.29) is 37.2 Å². The third-order valence-electron chi connectivity index (χ3n) is 7.41. The van der Waals surface area contributed by atoms with Crippen LogP contribution < -0.4 is 0 Å². The van der Waals surface area contributed by atoms with Crippen molar-refractivity contribution in [1.29, 1.82) is 0 Å². The number of nitrogens with zero attached hydrogens (tertiary/aromatic N) is 4. The molecule has 0 radical (unpaired) electrons. The van der Waals surface area contributed by atoms with Crippen molar-refractivity contribution in [2.75, 3.05) is 42.7 Å². The lowest BCUT2D eigenvalue weighted by Gasteiger charge is -2.12. The van der Waals surface area contributed by atoms with Crippen LogP contribution in [0.4, 0.5) is 22.7 Å². The summed E-state index contributed by atoms with van der Waals surface area (Å²) in [5, 5.41) is 51.0. The van der Waals surface area contributed by atoms with E-state index in [2.05, 4.69) is 22.6 Å². The van der Waals surface area contributed by atoms with Crippen molar-refractivity contribution in [2.45, 2.75) is 26.1 Å². The Morgan fingerprint density at radius 1 is 0.571 bits per heavy atom. The Morgan fingerprint density at radius 3 is 1.06 bits per heavy atom. The van der Waals surface area contributed by atoms with Gasteiger partial charge in [0, 0.05) is 99.7 Å². The Hall–Kier alpha value is -7.63. The van der Waals surface area contributed by atoms with Crippen LogP contribution in [0.1, 0.15) is 54.6 Å². The molecule has 22 nitrogen and oxygen atoms in total. The highest BCUT2D eigenvalue weighted by atomic mass is 16.7. The molecule has 1 unspecified atom stereocenters. The molecule has 0 aromatic heterocycles. The Balaban J connectivity index is -0.000000741. The zero-order valence-corrected chi connectivity index (χ0v) is 34.2. The number of nitro benzene ring substituents is 4. The van der Waals surface area contributed by atoms with Crippen LogP contribution in [0.2, 0.25) is 0 Å². The molecular formula is C41H49N4O18+. The number of rotatable bonds is 15. The summed E-state index contributed by atoms with van der Waals surface area (Å²) in [7, 11) is 8.52. The van der Waals surface area contributed by atoms with Crippen LogP contribution in [0.5, 0.6) is 0 Å². The molecular weight excluding hydrogens is 836 g/mol. The number of esters is 2. The largest absolute Gasteiger partial charge is 1.00 e. The number of hydrogen-bond donors (Lipinski definition) is 1. The minimum atomic E-state index is -1.23. The van der Waals surface area contributed by atoms with Crippen LogP contribution in [0.15, 0.2) is 122 Å². The van der Waals surface area contributed by atoms with E-state index in [0.29, 0.717) is 17.4 Å². The van der Waals surface area contributed by atoms with Crippen molar-refractivity contribution < 1.29 is 69.0 Å². The molecule has 1 N–H and O–H groups in total. The number of hydrogen-bond acceptors (Lipinski definition) is 18. The minimum absolute atomic E-state index is 0. The lowest BCUT2D eigenvalue weighted by Crippen LogP contribution is -2.11. The predicted molar refractivity (Wildman–Crippen MR) is 227 cm³/mol. The summed E-state index contributed by atoms with van der Waals surface area (Å²) < 4.78 is 28.5. The SMILES string of the molecule is C.C=C(C(=O)OC)C(O)c1ccc([N+](=O)[O-])cc1.C=CC(=O)OC.COC(OC)c1ccc([N+](=O)[O-])cc1.COC(OC)c1ccc([N+](=O)[O-])cc1.O=Cc1ccc([N+](=O)[O-])cc1.[H+]. The molecule has 0 heterocycles. The van der Waals surface area contributed by atoms with E-state index >= 15 is 0 Å². The van der Waals surface area contributed by atoms with Crippen LogP contribution >= 0.6 is 0 Å². The molecule has 0 aliphatic rings. The maximum atomic E-state index is 11.1. The van der Waals surface area contributed by atoms with Crippen molar-refractivity contribution in [2.24, 2.45) is 0 Å². The van der Waals surface area contributed by atoms with Crippen LogP contribution in [0, 0.1) is 40.5 Å². The summed E-state index contributed by atoms with van der Waals surface area (Å²) in [4.78, 5) is 70.4. The molecule has 0 saturated carbocycles. The van der Waals surface area contributed by atoms with Crippen molar-refractivity contribution in [3.05, 3.63) is 185 Å². The van der Waals surface area contributed by atoms with Gasteiger partial charge in [0.1, 0.15) is 12.4 Å². The van der Waals surface area contributed by atoms with Gasteiger partial charge < -0.3 is 33.5 Å². The number of non-ortho nitro benzene ring substituents is 4. The van der Waals surface area contributed by atoms with Gasteiger partial charge in [-0.3, -0.25) is 45.3 Å². The van der Waals surface area contributed by atoms with Gasteiger partial charge in [-0.1, -0.05) is 20.6 Å². The molecule has 0 fully saturated rings. The van der Waals surface area contributed by atoms with Crippen LogP contribution in [-0.4, -0.2) is 85.7 Å². The van der Waals surface area contributed by atoms with Crippen molar-refractivity contribution >= 4 is 41.0 Å². The quantitative estimate of drug-likeness (QED) is 0.0299. The fraction of sp³-hybridized carbons (Fsp3) is 0.244. The standard InChI is InChI=1S/C11H11NO5.2C9H11NO4.C7H5NO3.C4H6O2.CH4/c1-7(11(14)17-2)10(13)8-3-5-9(6-4-8)12(15)16;2*1-13-9(14-2)7-3-5-8(6-4-7)10(11)12;9-5-6-1-3-7(4-2-6)8(10)11;1-3-4(5)6-2;/h3-6,10,13H,1H2,2H3;2*3-6,9H,1-2H3;1-5H;3H,1H2,2H3;1H4/p+1.